The van der Waals surface area contributed by atoms with Crippen molar-refractivity contribution in [1.82, 2.24) is 9.97 Å². The Labute approximate surface area is 112 Å². The largest absolute Gasteiger partial charge is 0.397 e. The number of nitro benzene ring substituents is 2. The van der Waals surface area contributed by atoms with E-state index in [2.05, 4.69) is 9.97 Å². The summed E-state index contributed by atoms with van der Waals surface area (Å²) in [6.07, 6.45) is 6.56. The van der Waals surface area contributed by atoms with Crippen LogP contribution < -0.4 is 11.5 Å². The lowest BCUT2D eigenvalue weighted by atomic mass is 10.2. The zero-order chi connectivity index (χ0) is 15.1. The predicted octanol–water partition coefficient (Wildman–Crippen LogP) is 1.14. The smallest absolute Gasteiger partial charge is 0.301 e. The summed E-state index contributed by atoms with van der Waals surface area (Å²) < 4.78 is 0. The van der Waals surface area contributed by atoms with Crippen molar-refractivity contribution in [3.8, 4) is 0 Å². The molecule has 10 nitrogen and oxygen atoms in total. The maximum atomic E-state index is 10.4. The van der Waals surface area contributed by atoms with Gasteiger partial charge in [0.05, 0.1) is 21.6 Å². The summed E-state index contributed by atoms with van der Waals surface area (Å²) in [5.41, 5.74) is 9.07. The molecule has 0 saturated heterocycles. The number of non-ortho nitro benzene ring substituents is 1. The standard InChI is InChI=1S/C6H6N4O4.C4H4N2/c7-4-1-3(9(11)12)2-5(6(4)8)10(13)14;1-2-6-4-3-5-1/h1-2H,7-8H2;1-4H. The molecule has 0 amide bonds. The first-order chi connectivity index (χ1) is 9.43. The van der Waals surface area contributed by atoms with Gasteiger partial charge in [0.2, 0.25) is 0 Å². The maximum Gasteiger partial charge on any atom is 0.301 e. The van der Waals surface area contributed by atoms with Crippen molar-refractivity contribution in [3.05, 3.63) is 57.1 Å². The molecular weight excluding hydrogens is 268 g/mol. The number of nitrogens with two attached hydrogens (primary N) is 2. The summed E-state index contributed by atoms with van der Waals surface area (Å²) in [4.78, 5) is 26.6. The average molecular weight is 278 g/mol. The zero-order valence-electron chi connectivity index (χ0n) is 10.0. The predicted molar refractivity (Wildman–Crippen MR) is 70.6 cm³/mol. The van der Waals surface area contributed by atoms with Crippen LogP contribution in [0.4, 0.5) is 22.7 Å². The molecule has 10 heteroatoms. The van der Waals surface area contributed by atoms with Crippen molar-refractivity contribution in [3.63, 3.8) is 0 Å². The van der Waals surface area contributed by atoms with Crippen LogP contribution in [0.25, 0.3) is 0 Å². The van der Waals surface area contributed by atoms with E-state index in [1.807, 2.05) is 0 Å². The van der Waals surface area contributed by atoms with E-state index in [-0.39, 0.29) is 11.4 Å². The van der Waals surface area contributed by atoms with Crippen LogP contribution in [-0.4, -0.2) is 19.8 Å². The van der Waals surface area contributed by atoms with Crippen molar-refractivity contribution >= 4 is 22.7 Å². The van der Waals surface area contributed by atoms with E-state index in [1.165, 1.54) is 0 Å². The molecule has 0 aliphatic heterocycles. The summed E-state index contributed by atoms with van der Waals surface area (Å²) in [6.45, 7) is 0. The molecule has 1 aromatic heterocycles. The number of nitro groups is 2. The molecule has 20 heavy (non-hydrogen) atoms. The molecule has 0 radical (unpaired) electrons. The molecule has 2 aromatic rings. The van der Waals surface area contributed by atoms with E-state index in [0.717, 1.165) is 12.1 Å². The van der Waals surface area contributed by atoms with Gasteiger partial charge in [-0.1, -0.05) is 0 Å². The van der Waals surface area contributed by atoms with Gasteiger partial charge >= 0.3 is 5.69 Å². The minimum Gasteiger partial charge on any atom is -0.397 e. The highest BCUT2D eigenvalue weighted by Crippen LogP contribution is 2.32. The summed E-state index contributed by atoms with van der Waals surface area (Å²) >= 11 is 0. The molecule has 104 valence electrons. The lowest BCUT2D eigenvalue weighted by Gasteiger charge is -2.00. The SMILES string of the molecule is Nc1cc([N+](=O)[O-])cc([N+](=O)[O-])c1N.c1cnccn1. The number of nitrogens with zero attached hydrogens (tertiary/aromatic N) is 4. The fraction of sp³-hybridized carbons (Fsp3) is 0. The molecule has 2 rings (SSSR count). The van der Waals surface area contributed by atoms with Crippen LogP contribution in [0.5, 0.6) is 0 Å². The van der Waals surface area contributed by atoms with Crippen LogP contribution in [0.2, 0.25) is 0 Å². The van der Waals surface area contributed by atoms with E-state index in [0.29, 0.717) is 0 Å². The molecule has 1 heterocycles. The molecule has 0 saturated carbocycles. The Balaban J connectivity index is 0.000000276. The molecule has 0 fully saturated rings. The lowest BCUT2D eigenvalue weighted by molar-refractivity contribution is -0.393. The van der Waals surface area contributed by atoms with Crippen molar-refractivity contribution < 1.29 is 9.85 Å². The monoisotopic (exact) mass is 278 g/mol. The Bertz CT molecular complexity index is 592. The maximum absolute atomic E-state index is 10.4. The summed E-state index contributed by atoms with van der Waals surface area (Å²) in [5, 5.41) is 20.7. The Morgan fingerprint density at radius 3 is 1.75 bits per heavy atom. The number of rotatable bonds is 2. The highest BCUT2D eigenvalue weighted by atomic mass is 16.6. The fourth-order valence-corrected chi connectivity index (χ4v) is 1.15. The Kier molecular flexibility index (Phi) is 4.86. The highest BCUT2D eigenvalue weighted by molar-refractivity contribution is 5.77. The topological polar surface area (TPSA) is 164 Å². The molecule has 0 bridgehead atoms. The minimum atomic E-state index is -0.821. The minimum absolute atomic E-state index is 0.175. The van der Waals surface area contributed by atoms with Gasteiger partial charge in [0.1, 0.15) is 5.69 Å². The Morgan fingerprint density at radius 1 is 0.900 bits per heavy atom. The van der Waals surface area contributed by atoms with Gasteiger partial charge in [0.25, 0.3) is 5.69 Å². The van der Waals surface area contributed by atoms with Crippen LogP contribution in [-0.2, 0) is 0 Å². The van der Waals surface area contributed by atoms with Gasteiger partial charge in [-0.15, -0.1) is 0 Å². The number of aromatic nitrogens is 2. The molecular formula is C10H10N6O4. The van der Waals surface area contributed by atoms with Crippen LogP contribution in [0.15, 0.2) is 36.9 Å². The third kappa shape index (κ3) is 3.87. The van der Waals surface area contributed by atoms with Gasteiger partial charge < -0.3 is 11.5 Å². The zero-order valence-corrected chi connectivity index (χ0v) is 10.0. The first-order valence-corrected chi connectivity index (χ1v) is 5.11. The molecule has 1 aromatic carbocycles. The normalized spacial score (nSPS) is 9.20. The second kappa shape index (κ2) is 6.58. The second-order valence-corrected chi connectivity index (χ2v) is 3.38. The van der Waals surface area contributed by atoms with Crippen molar-refractivity contribution in [2.45, 2.75) is 0 Å². The van der Waals surface area contributed by atoms with E-state index >= 15 is 0 Å². The number of anilines is 2. The number of hydrogen-bond donors (Lipinski definition) is 2. The third-order valence-electron chi connectivity index (χ3n) is 2.06. The van der Waals surface area contributed by atoms with Gasteiger partial charge in [-0.2, -0.15) is 0 Å². The van der Waals surface area contributed by atoms with Gasteiger partial charge in [-0.05, 0) is 0 Å². The number of benzene rings is 1. The lowest BCUT2D eigenvalue weighted by Crippen LogP contribution is -2.02. The van der Waals surface area contributed by atoms with Crippen molar-refractivity contribution in [1.29, 1.82) is 0 Å². The average Bonchev–Trinajstić information content (AvgIpc) is 2.43. The molecule has 4 N–H and O–H groups in total. The quantitative estimate of drug-likeness (QED) is 0.468. The van der Waals surface area contributed by atoms with Crippen molar-refractivity contribution in [2.24, 2.45) is 0 Å². The Morgan fingerprint density at radius 2 is 1.40 bits per heavy atom. The van der Waals surface area contributed by atoms with Crippen LogP contribution >= 0.6 is 0 Å². The number of nitrogen functional groups attached to an aromatic ring is 2. The second-order valence-electron chi connectivity index (χ2n) is 3.38. The Hall–Kier alpha value is -3.30. The van der Waals surface area contributed by atoms with E-state index in [9.17, 15) is 20.2 Å². The van der Waals surface area contributed by atoms with Crippen LogP contribution in [0, 0.1) is 20.2 Å². The summed E-state index contributed by atoms with van der Waals surface area (Å²) in [7, 11) is 0. The first kappa shape index (κ1) is 14.8. The van der Waals surface area contributed by atoms with Crippen molar-refractivity contribution in [2.75, 3.05) is 11.5 Å². The number of hydrogen-bond acceptors (Lipinski definition) is 8. The van der Waals surface area contributed by atoms with Crippen LogP contribution in [0.3, 0.4) is 0 Å². The van der Waals surface area contributed by atoms with Crippen LogP contribution in [0.1, 0.15) is 0 Å². The first-order valence-electron chi connectivity index (χ1n) is 5.11. The van der Waals surface area contributed by atoms with E-state index in [4.69, 9.17) is 11.5 Å². The van der Waals surface area contributed by atoms with Gasteiger partial charge in [-0.25, -0.2) is 0 Å². The van der Waals surface area contributed by atoms with E-state index < -0.39 is 21.2 Å². The van der Waals surface area contributed by atoms with Gasteiger partial charge in [-0.3, -0.25) is 30.2 Å². The highest BCUT2D eigenvalue weighted by Gasteiger charge is 2.20. The third-order valence-corrected chi connectivity index (χ3v) is 2.06. The summed E-state index contributed by atoms with van der Waals surface area (Å²) in [6, 6.07) is 1.74. The molecule has 0 unspecified atom stereocenters. The van der Waals surface area contributed by atoms with Gasteiger partial charge in [0, 0.05) is 30.9 Å². The molecule has 0 spiro atoms. The molecule has 0 aliphatic carbocycles. The molecule has 0 atom stereocenters. The molecule has 0 aliphatic rings. The van der Waals surface area contributed by atoms with E-state index in [1.54, 1.807) is 24.8 Å². The summed E-state index contributed by atoms with van der Waals surface area (Å²) in [5.74, 6) is 0. The van der Waals surface area contributed by atoms with Gasteiger partial charge in [0.15, 0.2) is 0 Å². The fourth-order valence-electron chi connectivity index (χ4n) is 1.15.